The minimum Gasteiger partial charge on any atom is -0.398 e. The quantitative estimate of drug-likeness (QED) is 0.200. The molecule has 5 rings (SSSR count). The molecule has 0 atom stereocenters. The second-order valence-electron chi connectivity index (χ2n) is 8.46. The van der Waals surface area contributed by atoms with Crippen LogP contribution < -0.4 is 10.5 Å². The Hall–Kier alpha value is -3.97. The predicted molar refractivity (Wildman–Crippen MR) is 145 cm³/mol. The van der Waals surface area contributed by atoms with Gasteiger partial charge in [-0.15, -0.1) is 0 Å². The van der Waals surface area contributed by atoms with Gasteiger partial charge in [0.2, 0.25) is 9.84 Å². The number of hydrogen-bond acceptors (Lipinski definition) is 7. The van der Waals surface area contributed by atoms with Gasteiger partial charge >= 0.3 is 0 Å². The SMILES string of the molecule is Nc1cc(S(=O)(=O)Nc2ccc3ccccc3c2S(=O)(=O)O)ccc1S(=O)(=O)c1ccc2ccccc2c1. The Morgan fingerprint density at radius 2 is 1.24 bits per heavy atom. The van der Waals surface area contributed by atoms with Crippen LogP contribution in [-0.2, 0) is 30.0 Å². The number of nitrogens with two attached hydrogens (primary N) is 1. The Morgan fingerprint density at radius 1 is 0.632 bits per heavy atom. The fourth-order valence-corrected chi connectivity index (χ4v) is 7.64. The molecule has 5 aromatic carbocycles. The maximum absolute atomic E-state index is 13.3. The van der Waals surface area contributed by atoms with Gasteiger partial charge in [-0.1, -0.05) is 60.7 Å². The van der Waals surface area contributed by atoms with Gasteiger partial charge in [0.15, 0.2) is 0 Å². The van der Waals surface area contributed by atoms with E-state index in [0.717, 1.165) is 23.6 Å². The third-order valence-electron chi connectivity index (χ3n) is 5.99. The standard InChI is InChI=1S/C26H20N2O7S3/c27-23-16-21(12-14-25(23)36(29,30)20-11-9-17-5-1-2-7-19(17)15-20)37(31,32)28-24-13-10-18-6-3-4-8-22(18)26(24)38(33,34)35/h1-16,28H,27H2,(H,33,34,35). The second kappa shape index (κ2) is 9.10. The fourth-order valence-electron chi connectivity index (χ4n) is 4.20. The first-order chi connectivity index (χ1) is 17.9. The van der Waals surface area contributed by atoms with E-state index in [4.69, 9.17) is 5.73 Å². The lowest BCUT2D eigenvalue weighted by atomic mass is 10.1. The number of fused-ring (bicyclic) bond motifs is 2. The summed E-state index contributed by atoms with van der Waals surface area (Å²) in [5.41, 5.74) is 5.33. The van der Waals surface area contributed by atoms with Crippen LogP contribution in [0.1, 0.15) is 0 Å². The van der Waals surface area contributed by atoms with Gasteiger partial charge in [0.1, 0.15) is 4.90 Å². The average Bonchev–Trinajstić information content (AvgIpc) is 2.87. The number of anilines is 2. The highest BCUT2D eigenvalue weighted by Crippen LogP contribution is 2.34. The molecule has 38 heavy (non-hydrogen) atoms. The van der Waals surface area contributed by atoms with Crippen molar-refractivity contribution in [1.82, 2.24) is 0 Å². The molecule has 0 heterocycles. The molecular formula is C26H20N2O7S3. The van der Waals surface area contributed by atoms with Gasteiger partial charge in [-0.3, -0.25) is 9.27 Å². The largest absolute Gasteiger partial charge is 0.398 e. The lowest BCUT2D eigenvalue weighted by Crippen LogP contribution is -2.16. The van der Waals surface area contributed by atoms with Crippen LogP contribution in [0.3, 0.4) is 0 Å². The van der Waals surface area contributed by atoms with Crippen molar-refractivity contribution in [2.24, 2.45) is 0 Å². The summed E-state index contributed by atoms with van der Waals surface area (Å²) in [4.78, 5) is -1.30. The highest BCUT2D eigenvalue weighted by molar-refractivity contribution is 7.93. The van der Waals surface area contributed by atoms with Crippen molar-refractivity contribution in [1.29, 1.82) is 0 Å². The summed E-state index contributed by atoms with van der Waals surface area (Å²) in [7, 11) is -13.4. The molecule has 12 heteroatoms. The Bertz CT molecular complexity index is 2070. The van der Waals surface area contributed by atoms with E-state index in [1.54, 1.807) is 36.4 Å². The maximum Gasteiger partial charge on any atom is 0.297 e. The average molecular weight is 569 g/mol. The number of nitrogens with one attached hydrogen (secondary N) is 1. The van der Waals surface area contributed by atoms with Gasteiger partial charge in [0.05, 0.1) is 26.1 Å². The van der Waals surface area contributed by atoms with Crippen LogP contribution in [0.25, 0.3) is 21.5 Å². The van der Waals surface area contributed by atoms with Gasteiger partial charge < -0.3 is 5.73 Å². The lowest BCUT2D eigenvalue weighted by Gasteiger charge is -2.15. The predicted octanol–water partition coefficient (Wildman–Crippen LogP) is 4.46. The first-order valence-electron chi connectivity index (χ1n) is 11.0. The molecular weight excluding hydrogens is 548 g/mol. The summed E-state index contributed by atoms with van der Waals surface area (Å²) in [5, 5.41) is 2.15. The summed E-state index contributed by atoms with van der Waals surface area (Å²) in [5.74, 6) is 0. The van der Waals surface area contributed by atoms with E-state index in [2.05, 4.69) is 4.72 Å². The van der Waals surface area contributed by atoms with Crippen molar-refractivity contribution in [3.8, 4) is 0 Å². The van der Waals surface area contributed by atoms with Crippen molar-refractivity contribution >= 4 is 62.9 Å². The second-order valence-corrected chi connectivity index (χ2v) is 13.4. The molecule has 0 saturated carbocycles. The molecule has 194 valence electrons. The number of sulfone groups is 1. The van der Waals surface area contributed by atoms with Crippen LogP contribution in [0.5, 0.6) is 0 Å². The Balaban J connectivity index is 1.54. The van der Waals surface area contributed by atoms with Gasteiger partial charge in [0.25, 0.3) is 20.1 Å². The smallest absolute Gasteiger partial charge is 0.297 e. The number of sulfonamides is 1. The monoisotopic (exact) mass is 568 g/mol. The first-order valence-corrected chi connectivity index (χ1v) is 15.4. The molecule has 0 aliphatic carbocycles. The molecule has 0 spiro atoms. The fraction of sp³-hybridized carbons (Fsp3) is 0. The van der Waals surface area contributed by atoms with Crippen LogP contribution in [0.4, 0.5) is 11.4 Å². The third kappa shape index (κ3) is 4.58. The van der Waals surface area contributed by atoms with Crippen LogP contribution in [-0.4, -0.2) is 29.8 Å². The summed E-state index contributed by atoms with van der Waals surface area (Å²) >= 11 is 0. The van der Waals surface area contributed by atoms with E-state index in [1.165, 1.54) is 30.3 Å². The van der Waals surface area contributed by atoms with Crippen molar-refractivity contribution in [2.75, 3.05) is 10.5 Å². The summed E-state index contributed by atoms with van der Waals surface area (Å²) in [6, 6.07) is 23.9. The van der Waals surface area contributed by atoms with Crippen LogP contribution in [0.15, 0.2) is 117 Å². The van der Waals surface area contributed by atoms with Crippen LogP contribution >= 0.6 is 0 Å². The Kier molecular flexibility index (Phi) is 6.15. The van der Waals surface area contributed by atoms with Gasteiger partial charge in [-0.2, -0.15) is 8.42 Å². The molecule has 0 unspecified atom stereocenters. The number of hydrogen-bond donors (Lipinski definition) is 3. The zero-order valence-corrected chi connectivity index (χ0v) is 21.9. The zero-order valence-electron chi connectivity index (χ0n) is 19.4. The zero-order chi connectivity index (χ0) is 27.3. The molecule has 0 amide bonds. The molecule has 0 aliphatic heterocycles. The van der Waals surface area contributed by atoms with E-state index < -0.39 is 39.8 Å². The Morgan fingerprint density at radius 3 is 1.92 bits per heavy atom. The van der Waals surface area contributed by atoms with E-state index in [-0.39, 0.29) is 26.6 Å². The van der Waals surface area contributed by atoms with Crippen molar-refractivity contribution < 1.29 is 29.8 Å². The number of nitrogen functional groups attached to an aromatic ring is 1. The minimum atomic E-state index is -4.83. The molecule has 4 N–H and O–H groups in total. The third-order valence-corrected chi connectivity index (χ3v) is 10.1. The molecule has 0 radical (unpaired) electrons. The van der Waals surface area contributed by atoms with Gasteiger partial charge in [-0.25, -0.2) is 16.8 Å². The van der Waals surface area contributed by atoms with Gasteiger partial charge in [-0.05, 0) is 52.6 Å². The number of benzene rings is 5. The minimum absolute atomic E-state index is 0.00871. The molecule has 0 bridgehead atoms. The van der Waals surface area contributed by atoms with Crippen molar-refractivity contribution in [2.45, 2.75) is 19.6 Å². The number of rotatable bonds is 6. The molecule has 9 nitrogen and oxygen atoms in total. The summed E-state index contributed by atoms with van der Waals surface area (Å²) < 4.78 is 89.2. The van der Waals surface area contributed by atoms with E-state index in [0.29, 0.717) is 10.8 Å². The summed E-state index contributed by atoms with van der Waals surface area (Å²) in [6.45, 7) is 0. The van der Waals surface area contributed by atoms with Gasteiger partial charge in [0, 0.05) is 5.39 Å². The van der Waals surface area contributed by atoms with Crippen molar-refractivity contribution in [3.63, 3.8) is 0 Å². The van der Waals surface area contributed by atoms with E-state index >= 15 is 0 Å². The highest BCUT2D eigenvalue weighted by Gasteiger charge is 2.26. The molecule has 0 saturated heterocycles. The van der Waals surface area contributed by atoms with E-state index in [9.17, 15) is 29.8 Å². The van der Waals surface area contributed by atoms with Crippen LogP contribution in [0.2, 0.25) is 0 Å². The van der Waals surface area contributed by atoms with E-state index in [1.807, 2.05) is 12.1 Å². The molecule has 5 aromatic rings. The molecule has 0 aliphatic rings. The lowest BCUT2D eigenvalue weighted by molar-refractivity contribution is 0.484. The molecule has 0 fully saturated rings. The Labute approximate surface area is 219 Å². The normalized spacial score (nSPS) is 12.6. The molecule has 0 aromatic heterocycles. The topological polar surface area (TPSA) is 161 Å². The van der Waals surface area contributed by atoms with Crippen LogP contribution in [0, 0.1) is 0 Å². The first kappa shape index (κ1) is 25.7. The summed E-state index contributed by atoms with van der Waals surface area (Å²) in [6.07, 6.45) is 0. The maximum atomic E-state index is 13.3. The van der Waals surface area contributed by atoms with Crippen molar-refractivity contribution in [3.05, 3.63) is 97.1 Å². The highest BCUT2D eigenvalue weighted by atomic mass is 32.2.